The van der Waals surface area contributed by atoms with Crippen molar-refractivity contribution in [3.05, 3.63) is 35.4 Å². The topological polar surface area (TPSA) is 55.1 Å². The normalized spacial score (nSPS) is 20.5. The first-order valence-corrected chi connectivity index (χ1v) is 7.46. The molecule has 18 heavy (non-hydrogen) atoms. The smallest absolute Gasteiger partial charge is 0.234 e. The van der Waals surface area contributed by atoms with E-state index >= 15 is 0 Å². The highest BCUT2D eigenvalue weighted by molar-refractivity contribution is 7.98. The minimum absolute atomic E-state index is 0.210. The Morgan fingerprint density at radius 2 is 2.17 bits per heavy atom. The summed E-state index contributed by atoms with van der Waals surface area (Å²) in [6.45, 7) is 4.04. The highest BCUT2D eigenvalue weighted by atomic mass is 32.2. The Hall–Kier alpha value is -1.00. The Morgan fingerprint density at radius 1 is 1.44 bits per heavy atom. The molecule has 0 fully saturated rings. The Labute approximate surface area is 113 Å². The van der Waals surface area contributed by atoms with Crippen LogP contribution in [0.4, 0.5) is 0 Å². The second-order valence-corrected chi connectivity index (χ2v) is 6.09. The van der Waals surface area contributed by atoms with Crippen LogP contribution < -0.4 is 11.1 Å². The van der Waals surface area contributed by atoms with Crippen molar-refractivity contribution in [3.8, 4) is 0 Å². The van der Waals surface area contributed by atoms with E-state index in [1.165, 1.54) is 11.1 Å². The van der Waals surface area contributed by atoms with E-state index in [4.69, 9.17) is 5.73 Å². The molecule has 3 nitrogen and oxygen atoms in total. The number of fused-ring (bicyclic) bond motifs is 1. The van der Waals surface area contributed by atoms with Gasteiger partial charge < -0.3 is 5.73 Å². The molecule has 0 saturated heterocycles. The van der Waals surface area contributed by atoms with Crippen molar-refractivity contribution in [1.29, 1.82) is 0 Å². The van der Waals surface area contributed by atoms with Gasteiger partial charge in [0, 0.05) is 17.5 Å². The Morgan fingerprint density at radius 3 is 2.83 bits per heavy atom. The van der Waals surface area contributed by atoms with Gasteiger partial charge in [-0.05, 0) is 17.0 Å². The molecule has 2 unspecified atom stereocenters. The van der Waals surface area contributed by atoms with Crippen molar-refractivity contribution in [2.75, 3.05) is 5.75 Å². The van der Waals surface area contributed by atoms with Crippen LogP contribution in [-0.2, 0) is 10.5 Å². The molecule has 2 rings (SSSR count). The fraction of sp³-hybridized carbons (Fsp3) is 0.500. The van der Waals surface area contributed by atoms with E-state index in [1.807, 2.05) is 25.6 Å². The summed E-state index contributed by atoms with van der Waals surface area (Å²) in [5.41, 5.74) is 8.13. The van der Waals surface area contributed by atoms with Crippen LogP contribution in [0.25, 0.3) is 0 Å². The minimum Gasteiger partial charge on any atom is -0.368 e. The fourth-order valence-electron chi connectivity index (χ4n) is 2.34. The number of benzene rings is 1. The van der Waals surface area contributed by atoms with E-state index in [-0.39, 0.29) is 23.9 Å². The van der Waals surface area contributed by atoms with E-state index in [1.54, 1.807) is 0 Å². The van der Waals surface area contributed by atoms with Gasteiger partial charge in [-0.2, -0.15) is 11.8 Å². The van der Waals surface area contributed by atoms with Gasteiger partial charge in [-0.3, -0.25) is 10.1 Å². The average molecular weight is 264 g/mol. The Balaban J connectivity index is 2.18. The molecule has 0 saturated carbocycles. The zero-order chi connectivity index (χ0) is 13.1. The van der Waals surface area contributed by atoms with Crippen LogP contribution in [0.15, 0.2) is 24.3 Å². The van der Waals surface area contributed by atoms with Gasteiger partial charge in [-0.25, -0.2) is 0 Å². The second-order valence-electron chi connectivity index (χ2n) is 5.06. The van der Waals surface area contributed by atoms with Gasteiger partial charge in [-0.1, -0.05) is 38.1 Å². The number of rotatable bonds is 4. The van der Waals surface area contributed by atoms with Gasteiger partial charge >= 0.3 is 0 Å². The number of carbonyl (C=O) groups is 1. The maximum absolute atomic E-state index is 11.5. The van der Waals surface area contributed by atoms with Gasteiger partial charge in [0.1, 0.15) is 0 Å². The lowest BCUT2D eigenvalue weighted by atomic mass is 9.98. The minimum atomic E-state index is -0.266. The van der Waals surface area contributed by atoms with Crippen LogP contribution in [-0.4, -0.2) is 17.7 Å². The number of thioether (sulfide) groups is 1. The summed E-state index contributed by atoms with van der Waals surface area (Å²) < 4.78 is 0. The molecule has 1 aromatic carbocycles. The van der Waals surface area contributed by atoms with Crippen molar-refractivity contribution in [3.63, 3.8) is 0 Å². The quantitative estimate of drug-likeness (QED) is 0.875. The maximum atomic E-state index is 11.5. The first-order chi connectivity index (χ1) is 8.59. The summed E-state index contributed by atoms with van der Waals surface area (Å²) in [6.07, 6.45) is 0. The van der Waals surface area contributed by atoms with Gasteiger partial charge in [0.15, 0.2) is 0 Å². The van der Waals surface area contributed by atoms with Crippen LogP contribution >= 0.6 is 11.8 Å². The molecule has 1 aromatic rings. The van der Waals surface area contributed by atoms with Crippen molar-refractivity contribution < 1.29 is 4.79 Å². The summed E-state index contributed by atoms with van der Waals surface area (Å²) in [5.74, 6) is 1.99. The second kappa shape index (κ2) is 5.76. The fourth-order valence-corrected chi connectivity index (χ4v) is 3.45. The van der Waals surface area contributed by atoms with E-state index in [0.29, 0.717) is 0 Å². The molecule has 1 aliphatic rings. The van der Waals surface area contributed by atoms with Crippen molar-refractivity contribution in [2.24, 2.45) is 11.7 Å². The van der Waals surface area contributed by atoms with Crippen LogP contribution in [0.2, 0.25) is 0 Å². The molecule has 0 radical (unpaired) electrons. The third kappa shape index (κ3) is 2.87. The van der Waals surface area contributed by atoms with E-state index in [0.717, 1.165) is 11.5 Å². The summed E-state index contributed by atoms with van der Waals surface area (Å²) >= 11 is 1.90. The molecule has 1 amide bonds. The largest absolute Gasteiger partial charge is 0.368 e. The van der Waals surface area contributed by atoms with Gasteiger partial charge in [-0.15, -0.1) is 0 Å². The predicted molar refractivity (Wildman–Crippen MR) is 76.3 cm³/mol. The molecule has 4 heteroatoms. The third-order valence-electron chi connectivity index (χ3n) is 3.33. The molecule has 3 N–H and O–H groups in total. The van der Waals surface area contributed by atoms with Crippen LogP contribution in [0.5, 0.6) is 0 Å². The lowest BCUT2D eigenvalue weighted by Crippen LogP contribution is -2.47. The zero-order valence-electron chi connectivity index (χ0n) is 10.8. The molecule has 1 heterocycles. The van der Waals surface area contributed by atoms with Crippen molar-refractivity contribution >= 4 is 17.7 Å². The van der Waals surface area contributed by atoms with Crippen molar-refractivity contribution in [1.82, 2.24) is 5.32 Å². The number of hydrogen-bond acceptors (Lipinski definition) is 3. The molecule has 0 aliphatic carbocycles. The third-order valence-corrected chi connectivity index (χ3v) is 4.41. The van der Waals surface area contributed by atoms with Crippen molar-refractivity contribution in [2.45, 2.75) is 31.7 Å². The standard InChI is InChI=1S/C14H20N2OS/c1-9(2)13(14(15)17)16-12-8-18-7-10-5-3-4-6-11(10)12/h3-6,9,12-13,16H,7-8H2,1-2H3,(H2,15,17). The number of hydrogen-bond donors (Lipinski definition) is 2. The van der Waals surface area contributed by atoms with Crippen LogP contribution in [0.1, 0.15) is 31.0 Å². The first kappa shape index (κ1) is 13.4. The molecule has 0 spiro atoms. The lowest BCUT2D eigenvalue weighted by molar-refractivity contribution is -0.121. The summed E-state index contributed by atoms with van der Waals surface area (Å²) in [6, 6.07) is 8.38. The average Bonchev–Trinajstić information content (AvgIpc) is 2.35. The molecule has 0 aromatic heterocycles. The SMILES string of the molecule is CC(C)C(NC1CSCc2ccccc21)C(N)=O. The van der Waals surface area contributed by atoms with E-state index < -0.39 is 0 Å². The van der Waals surface area contributed by atoms with Crippen LogP contribution in [0.3, 0.4) is 0 Å². The Bertz CT molecular complexity index is 434. The van der Waals surface area contributed by atoms with Crippen LogP contribution in [0, 0.1) is 5.92 Å². The molecular formula is C14H20N2OS. The number of carbonyl (C=O) groups excluding carboxylic acids is 1. The molecule has 98 valence electrons. The molecule has 2 atom stereocenters. The predicted octanol–water partition coefficient (Wildman–Crippen LogP) is 2.07. The number of nitrogens with one attached hydrogen (secondary N) is 1. The summed E-state index contributed by atoms with van der Waals surface area (Å²) in [7, 11) is 0. The number of primary amides is 1. The molecule has 0 bridgehead atoms. The zero-order valence-corrected chi connectivity index (χ0v) is 11.7. The van der Waals surface area contributed by atoms with Gasteiger partial charge in [0.25, 0.3) is 0 Å². The monoisotopic (exact) mass is 264 g/mol. The Kier molecular flexibility index (Phi) is 4.30. The highest BCUT2D eigenvalue weighted by Gasteiger charge is 2.26. The summed E-state index contributed by atoms with van der Waals surface area (Å²) in [4.78, 5) is 11.5. The highest BCUT2D eigenvalue weighted by Crippen LogP contribution is 2.32. The lowest BCUT2D eigenvalue weighted by Gasteiger charge is -2.30. The van der Waals surface area contributed by atoms with Gasteiger partial charge in [0.05, 0.1) is 6.04 Å². The number of nitrogens with two attached hydrogens (primary N) is 1. The molecular weight excluding hydrogens is 244 g/mol. The number of amides is 1. The van der Waals surface area contributed by atoms with Gasteiger partial charge in [0.2, 0.25) is 5.91 Å². The maximum Gasteiger partial charge on any atom is 0.234 e. The molecule has 1 aliphatic heterocycles. The summed E-state index contributed by atoms with van der Waals surface area (Å²) in [5, 5.41) is 3.42. The van der Waals surface area contributed by atoms with E-state index in [2.05, 4.69) is 29.6 Å². The first-order valence-electron chi connectivity index (χ1n) is 6.30. The van der Waals surface area contributed by atoms with E-state index in [9.17, 15) is 4.79 Å².